The lowest BCUT2D eigenvalue weighted by molar-refractivity contribution is -0.152. The minimum absolute atomic E-state index is 0.0958. The van der Waals surface area contributed by atoms with E-state index in [1.165, 1.54) is 4.90 Å². The number of likely N-dealkylation sites (tertiary alicyclic amines) is 1. The zero-order valence-electron chi connectivity index (χ0n) is 19.4. The number of amides is 2. The van der Waals surface area contributed by atoms with Crippen molar-refractivity contribution in [3.63, 3.8) is 0 Å². The van der Waals surface area contributed by atoms with Crippen LogP contribution in [0.15, 0.2) is 65.1 Å². The minimum atomic E-state index is -1.62. The first-order valence-electron chi connectivity index (χ1n) is 12.4. The molecule has 180 valence electrons. The number of benzene rings is 2. The molecule has 35 heavy (non-hydrogen) atoms. The van der Waals surface area contributed by atoms with Crippen molar-refractivity contribution in [2.75, 3.05) is 0 Å². The quantitative estimate of drug-likeness (QED) is 0.543. The highest BCUT2D eigenvalue weighted by Crippen LogP contribution is 2.51. The van der Waals surface area contributed by atoms with Crippen LogP contribution < -0.4 is 5.32 Å². The minimum Gasteiger partial charge on any atom is -0.480 e. The molecule has 0 bridgehead atoms. The van der Waals surface area contributed by atoms with E-state index in [0.717, 1.165) is 43.1 Å². The third-order valence-electron chi connectivity index (χ3n) is 8.09. The van der Waals surface area contributed by atoms with Gasteiger partial charge in [0.05, 0.1) is 17.9 Å². The first-order chi connectivity index (χ1) is 17.0. The van der Waals surface area contributed by atoms with Crippen LogP contribution in [0.1, 0.15) is 49.5 Å². The number of carboxylic acid groups (broad SMARTS) is 1. The molecule has 1 saturated carbocycles. The van der Waals surface area contributed by atoms with Gasteiger partial charge < -0.3 is 9.52 Å². The Labute approximate surface area is 203 Å². The molecule has 2 aliphatic heterocycles. The molecule has 2 aromatic carbocycles. The highest BCUT2D eigenvalue weighted by molar-refractivity contribution is 6.09. The third kappa shape index (κ3) is 3.40. The zero-order valence-corrected chi connectivity index (χ0v) is 19.4. The second-order valence-electron chi connectivity index (χ2n) is 10.1. The molecular formula is C28H28N2O5. The summed E-state index contributed by atoms with van der Waals surface area (Å²) in [5.74, 6) is -3.11. The molecule has 0 radical (unpaired) electrons. The lowest BCUT2D eigenvalue weighted by atomic mass is 9.76. The maximum atomic E-state index is 13.9. The monoisotopic (exact) mass is 472 g/mol. The van der Waals surface area contributed by atoms with Crippen LogP contribution >= 0.6 is 0 Å². The molecule has 0 spiro atoms. The Morgan fingerprint density at radius 1 is 1.00 bits per heavy atom. The Kier molecular flexibility index (Phi) is 5.25. The summed E-state index contributed by atoms with van der Waals surface area (Å²) in [7, 11) is 0. The number of hydrogen-bond donors (Lipinski definition) is 2. The molecule has 2 saturated heterocycles. The van der Waals surface area contributed by atoms with Gasteiger partial charge in [0.15, 0.2) is 0 Å². The molecule has 7 heteroatoms. The highest BCUT2D eigenvalue weighted by Gasteiger charge is 2.69. The normalized spacial score (nSPS) is 29.1. The molecule has 3 fully saturated rings. The number of rotatable bonds is 5. The maximum Gasteiger partial charge on any atom is 0.325 e. The number of carboxylic acids is 1. The summed E-state index contributed by atoms with van der Waals surface area (Å²) in [5.41, 5.74) is -0.161. The number of aliphatic carboxylic acids is 1. The molecule has 1 aromatic heterocycles. The molecule has 2 amide bonds. The number of nitrogens with one attached hydrogen (secondary N) is 1. The van der Waals surface area contributed by atoms with Crippen LogP contribution in [-0.4, -0.2) is 39.4 Å². The van der Waals surface area contributed by atoms with Crippen molar-refractivity contribution in [2.24, 2.45) is 11.8 Å². The van der Waals surface area contributed by atoms with Crippen LogP contribution in [0, 0.1) is 11.8 Å². The first kappa shape index (κ1) is 22.0. The summed E-state index contributed by atoms with van der Waals surface area (Å²) in [6.07, 6.45) is 4.68. The molecule has 6 rings (SSSR count). The average molecular weight is 473 g/mol. The number of fused-ring (bicyclic) bond motifs is 2. The van der Waals surface area contributed by atoms with E-state index in [1.54, 1.807) is 0 Å². The number of nitrogens with zero attached hydrogens (tertiary/aromatic N) is 1. The van der Waals surface area contributed by atoms with Gasteiger partial charge in [-0.15, -0.1) is 0 Å². The largest absolute Gasteiger partial charge is 0.480 e. The summed E-state index contributed by atoms with van der Waals surface area (Å²) in [4.78, 5) is 42.2. The molecule has 3 aliphatic rings. The molecule has 3 heterocycles. The van der Waals surface area contributed by atoms with Crippen molar-refractivity contribution in [2.45, 2.75) is 56.1 Å². The number of hydrogen-bond acceptors (Lipinski definition) is 5. The topological polar surface area (TPSA) is 99.9 Å². The summed E-state index contributed by atoms with van der Waals surface area (Å²) in [6.45, 7) is 0. The van der Waals surface area contributed by atoms with Crippen LogP contribution in [0.25, 0.3) is 11.0 Å². The van der Waals surface area contributed by atoms with Crippen LogP contribution in [-0.2, 0) is 20.8 Å². The van der Waals surface area contributed by atoms with Crippen molar-refractivity contribution in [1.82, 2.24) is 10.2 Å². The predicted octanol–water partition coefficient (Wildman–Crippen LogP) is 4.08. The van der Waals surface area contributed by atoms with Crippen molar-refractivity contribution in [3.8, 4) is 0 Å². The molecule has 1 aliphatic carbocycles. The Hall–Kier alpha value is -3.45. The van der Waals surface area contributed by atoms with Gasteiger partial charge in [0.1, 0.15) is 16.9 Å². The second-order valence-corrected chi connectivity index (χ2v) is 10.1. The fourth-order valence-electron chi connectivity index (χ4n) is 6.48. The van der Waals surface area contributed by atoms with Crippen LogP contribution in [0.4, 0.5) is 0 Å². The van der Waals surface area contributed by atoms with Crippen molar-refractivity contribution in [3.05, 3.63) is 72.0 Å². The van der Waals surface area contributed by atoms with E-state index in [-0.39, 0.29) is 24.3 Å². The molecule has 3 aromatic rings. The number of imide groups is 1. The first-order valence-corrected chi connectivity index (χ1v) is 12.4. The number of para-hydroxylation sites is 1. The smallest absolute Gasteiger partial charge is 0.325 e. The summed E-state index contributed by atoms with van der Waals surface area (Å²) in [6, 6.07) is 17.8. The predicted molar refractivity (Wildman–Crippen MR) is 128 cm³/mol. The number of carbonyl (C=O) groups excluding carboxylic acids is 2. The lowest BCUT2D eigenvalue weighted by Crippen LogP contribution is -2.58. The SMILES string of the molecule is O=C1C2C(c3cc4ccccc4o3)NC(Cc3ccccc3)(C(=O)O)C2C(=O)N1C1CCCCC1. The van der Waals surface area contributed by atoms with Gasteiger partial charge in [-0.25, -0.2) is 0 Å². The fraction of sp³-hybridized carbons (Fsp3) is 0.393. The van der Waals surface area contributed by atoms with E-state index in [4.69, 9.17) is 4.42 Å². The van der Waals surface area contributed by atoms with E-state index < -0.39 is 29.4 Å². The molecular weight excluding hydrogens is 444 g/mol. The number of carbonyl (C=O) groups is 3. The Morgan fingerprint density at radius 3 is 2.43 bits per heavy atom. The van der Waals surface area contributed by atoms with E-state index in [0.29, 0.717) is 11.3 Å². The van der Waals surface area contributed by atoms with Crippen LogP contribution in [0.5, 0.6) is 0 Å². The van der Waals surface area contributed by atoms with Crippen molar-refractivity contribution < 1.29 is 23.9 Å². The zero-order chi connectivity index (χ0) is 24.2. The number of furan rings is 1. The van der Waals surface area contributed by atoms with Gasteiger partial charge in [-0.3, -0.25) is 24.6 Å². The van der Waals surface area contributed by atoms with E-state index in [2.05, 4.69) is 5.32 Å². The standard InChI is InChI=1S/C28H28N2O5/c31-25-22-23(26(32)30(25)19-12-5-2-6-13-19)28(27(33)34,16-17-9-3-1-4-10-17)29-24(22)21-15-18-11-7-8-14-20(18)35-21/h1,3-4,7-11,14-15,19,22-24,29H,2,5-6,12-13,16H2,(H,33,34). The fourth-order valence-corrected chi connectivity index (χ4v) is 6.48. The lowest BCUT2D eigenvalue weighted by Gasteiger charge is -2.34. The van der Waals surface area contributed by atoms with Gasteiger partial charge >= 0.3 is 5.97 Å². The Morgan fingerprint density at radius 2 is 1.71 bits per heavy atom. The van der Waals surface area contributed by atoms with Gasteiger partial charge in [-0.2, -0.15) is 0 Å². The van der Waals surface area contributed by atoms with Gasteiger partial charge in [0.25, 0.3) is 0 Å². The molecule has 4 atom stereocenters. The molecule has 4 unspecified atom stereocenters. The van der Waals surface area contributed by atoms with Gasteiger partial charge in [-0.05, 0) is 30.5 Å². The van der Waals surface area contributed by atoms with E-state index in [9.17, 15) is 19.5 Å². The Bertz CT molecular complexity index is 1260. The van der Waals surface area contributed by atoms with Crippen molar-refractivity contribution >= 4 is 28.8 Å². The van der Waals surface area contributed by atoms with Gasteiger partial charge in [0.2, 0.25) is 11.8 Å². The second kappa shape index (κ2) is 8.34. The highest BCUT2D eigenvalue weighted by atomic mass is 16.4. The summed E-state index contributed by atoms with van der Waals surface area (Å²) < 4.78 is 6.11. The van der Waals surface area contributed by atoms with Crippen molar-refractivity contribution in [1.29, 1.82) is 0 Å². The Balaban J connectivity index is 1.47. The molecule has 7 nitrogen and oxygen atoms in total. The average Bonchev–Trinajstić information content (AvgIpc) is 3.52. The van der Waals surface area contributed by atoms with E-state index >= 15 is 0 Å². The summed E-state index contributed by atoms with van der Waals surface area (Å²) in [5, 5.41) is 14.7. The maximum absolute atomic E-state index is 13.9. The van der Waals surface area contributed by atoms with Gasteiger partial charge in [-0.1, -0.05) is 67.8 Å². The van der Waals surface area contributed by atoms with E-state index in [1.807, 2.05) is 60.7 Å². The van der Waals surface area contributed by atoms with Crippen LogP contribution in [0.2, 0.25) is 0 Å². The third-order valence-corrected chi connectivity index (χ3v) is 8.09. The summed E-state index contributed by atoms with van der Waals surface area (Å²) >= 11 is 0. The van der Waals surface area contributed by atoms with Gasteiger partial charge in [0, 0.05) is 17.8 Å². The van der Waals surface area contributed by atoms with Crippen LogP contribution in [0.3, 0.4) is 0 Å². The molecule has 2 N–H and O–H groups in total.